The molecule has 0 aliphatic carbocycles. The number of rotatable bonds is 3. The molecule has 0 unspecified atom stereocenters. The number of fused-ring (bicyclic) bond motifs is 1. The fourth-order valence-electron chi connectivity index (χ4n) is 2.97. The second kappa shape index (κ2) is 6.60. The summed E-state index contributed by atoms with van der Waals surface area (Å²) in [7, 11) is 1.51. The predicted molar refractivity (Wildman–Crippen MR) is 97.2 cm³/mol. The van der Waals surface area contributed by atoms with Crippen molar-refractivity contribution >= 4 is 11.7 Å². The molecule has 0 spiro atoms. The van der Waals surface area contributed by atoms with E-state index in [0.29, 0.717) is 22.7 Å². The number of halogens is 2. The van der Waals surface area contributed by atoms with Crippen molar-refractivity contribution in [1.29, 1.82) is 0 Å². The molecule has 0 aliphatic rings. The molecule has 2 heterocycles. The van der Waals surface area contributed by atoms with Crippen LogP contribution in [0.1, 0.15) is 10.5 Å². The van der Waals surface area contributed by atoms with Crippen LogP contribution in [0.25, 0.3) is 28.3 Å². The number of amides is 1. The molecule has 27 heavy (non-hydrogen) atoms. The third-order valence-corrected chi connectivity index (χ3v) is 4.22. The molecular formula is C20H14F2N4O. The summed E-state index contributed by atoms with van der Waals surface area (Å²) < 4.78 is 28.4. The number of nitrogens with one attached hydrogen (secondary N) is 1. The molecule has 0 radical (unpaired) electrons. The average molecular weight is 364 g/mol. The number of carbonyl (C=O) groups is 1. The molecule has 4 aromatic rings. The fourth-order valence-corrected chi connectivity index (χ4v) is 2.97. The molecular weight excluding hydrogens is 350 g/mol. The van der Waals surface area contributed by atoms with Crippen LogP contribution in [0.2, 0.25) is 0 Å². The summed E-state index contributed by atoms with van der Waals surface area (Å²) in [6, 6.07) is 13.5. The van der Waals surface area contributed by atoms with Gasteiger partial charge < -0.3 is 5.32 Å². The number of hydrogen-bond donors (Lipinski definition) is 1. The van der Waals surface area contributed by atoms with Crippen molar-refractivity contribution in [3.63, 3.8) is 0 Å². The predicted octanol–water partition coefficient (Wildman–Crippen LogP) is 3.70. The first-order valence-corrected chi connectivity index (χ1v) is 8.20. The van der Waals surface area contributed by atoms with Crippen LogP contribution in [-0.4, -0.2) is 27.3 Å². The second-order valence-corrected chi connectivity index (χ2v) is 5.87. The quantitative estimate of drug-likeness (QED) is 0.603. The lowest BCUT2D eigenvalue weighted by Crippen LogP contribution is -2.19. The maximum Gasteiger partial charge on any atom is 0.271 e. The van der Waals surface area contributed by atoms with Crippen molar-refractivity contribution in [3.05, 3.63) is 78.1 Å². The van der Waals surface area contributed by atoms with E-state index >= 15 is 0 Å². The van der Waals surface area contributed by atoms with E-state index < -0.39 is 0 Å². The van der Waals surface area contributed by atoms with Gasteiger partial charge in [-0.2, -0.15) is 0 Å². The Bertz CT molecular complexity index is 1140. The first-order valence-electron chi connectivity index (χ1n) is 8.20. The van der Waals surface area contributed by atoms with Crippen LogP contribution < -0.4 is 5.32 Å². The maximum absolute atomic E-state index is 13.4. The normalized spacial score (nSPS) is 10.9. The summed E-state index contributed by atoms with van der Waals surface area (Å²) in [6.45, 7) is 0. The second-order valence-electron chi connectivity index (χ2n) is 5.87. The molecule has 0 atom stereocenters. The highest BCUT2D eigenvalue weighted by atomic mass is 19.1. The summed E-state index contributed by atoms with van der Waals surface area (Å²) in [5, 5.41) is 2.56. The van der Waals surface area contributed by atoms with Gasteiger partial charge in [0.1, 0.15) is 11.6 Å². The van der Waals surface area contributed by atoms with Crippen LogP contribution >= 0.6 is 0 Å². The van der Waals surface area contributed by atoms with Crippen LogP contribution in [-0.2, 0) is 0 Å². The number of benzene rings is 2. The Morgan fingerprint density at radius 2 is 1.52 bits per heavy atom. The molecule has 2 aromatic carbocycles. The zero-order chi connectivity index (χ0) is 19.0. The molecule has 4 rings (SSSR count). The van der Waals surface area contributed by atoms with Crippen molar-refractivity contribution in [2.24, 2.45) is 0 Å². The van der Waals surface area contributed by atoms with E-state index in [9.17, 15) is 13.6 Å². The van der Waals surface area contributed by atoms with Crippen molar-refractivity contribution in [2.75, 3.05) is 7.05 Å². The van der Waals surface area contributed by atoms with Crippen molar-refractivity contribution in [2.45, 2.75) is 0 Å². The molecule has 7 heteroatoms. The van der Waals surface area contributed by atoms with E-state index in [1.54, 1.807) is 40.9 Å². The molecule has 1 N–H and O–H groups in total. The molecule has 0 saturated heterocycles. The first kappa shape index (κ1) is 16.8. The zero-order valence-electron chi connectivity index (χ0n) is 14.3. The van der Waals surface area contributed by atoms with E-state index in [0.717, 1.165) is 5.56 Å². The Hall–Kier alpha value is -3.61. The van der Waals surface area contributed by atoms with Gasteiger partial charge in [-0.1, -0.05) is 0 Å². The Morgan fingerprint density at radius 3 is 2.11 bits per heavy atom. The lowest BCUT2D eigenvalue weighted by molar-refractivity contribution is 0.0959. The minimum Gasteiger partial charge on any atom is -0.354 e. The van der Waals surface area contributed by atoms with Crippen molar-refractivity contribution in [3.8, 4) is 22.5 Å². The molecule has 1 amide bonds. The Kier molecular flexibility index (Phi) is 4.12. The van der Waals surface area contributed by atoms with Gasteiger partial charge in [0.2, 0.25) is 5.78 Å². The van der Waals surface area contributed by atoms with Crippen LogP contribution in [0.5, 0.6) is 0 Å². The number of carbonyl (C=O) groups excluding carboxylic acids is 1. The number of imidazole rings is 1. The van der Waals surface area contributed by atoms with Gasteiger partial charge in [0.05, 0.1) is 11.4 Å². The van der Waals surface area contributed by atoms with Gasteiger partial charge in [0.25, 0.3) is 5.91 Å². The number of nitrogens with zero attached hydrogens (tertiary/aromatic N) is 3. The van der Waals surface area contributed by atoms with Crippen LogP contribution in [0.3, 0.4) is 0 Å². The molecule has 2 aromatic heterocycles. The summed E-state index contributed by atoms with van der Waals surface area (Å²) in [6.07, 6.45) is 1.57. The van der Waals surface area contributed by atoms with E-state index in [1.807, 2.05) is 0 Å². The van der Waals surface area contributed by atoms with Gasteiger partial charge in [0, 0.05) is 18.8 Å². The van der Waals surface area contributed by atoms with Gasteiger partial charge in [-0.25, -0.2) is 18.7 Å². The van der Waals surface area contributed by atoms with Crippen LogP contribution in [0.4, 0.5) is 8.78 Å². The molecule has 0 aliphatic heterocycles. The highest BCUT2D eigenvalue weighted by Crippen LogP contribution is 2.30. The SMILES string of the molecule is CNC(=O)c1nc2nccc(-c3ccc(F)cc3)n2c1-c1ccc(F)cc1. The summed E-state index contributed by atoms with van der Waals surface area (Å²) in [4.78, 5) is 21.0. The van der Waals surface area contributed by atoms with Gasteiger partial charge >= 0.3 is 0 Å². The molecule has 0 fully saturated rings. The molecule has 0 bridgehead atoms. The monoisotopic (exact) mass is 364 g/mol. The minimum absolute atomic E-state index is 0.172. The van der Waals surface area contributed by atoms with Crippen LogP contribution in [0.15, 0.2) is 60.8 Å². The summed E-state index contributed by atoms with van der Waals surface area (Å²) in [5.41, 5.74) is 2.68. The highest BCUT2D eigenvalue weighted by molar-refractivity contribution is 5.99. The number of hydrogen-bond acceptors (Lipinski definition) is 3. The van der Waals surface area contributed by atoms with Gasteiger partial charge in [-0.3, -0.25) is 9.20 Å². The van der Waals surface area contributed by atoms with Gasteiger partial charge in [0.15, 0.2) is 5.69 Å². The van der Waals surface area contributed by atoms with Gasteiger partial charge in [-0.05, 0) is 60.2 Å². The van der Waals surface area contributed by atoms with E-state index in [4.69, 9.17) is 0 Å². The van der Waals surface area contributed by atoms with E-state index in [2.05, 4.69) is 15.3 Å². The van der Waals surface area contributed by atoms with Crippen molar-refractivity contribution < 1.29 is 13.6 Å². The summed E-state index contributed by atoms with van der Waals surface area (Å²) in [5.74, 6) is -0.801. The fraction of sp³-hybridized carbons (Fsp3) is 0.0500. The molecule has 5 nitrogen and oxygen atoms in total. The average Bonchev–Trinajstić information content (AvgIpc) is 3.08. The number of aromatic nitrogens is 3. The Balaban J connectivity index is 2.07. The van der Waals surface area contributed by atoms with E-state index in [-0.39, 0.29) is 23.2 Å². The van der Waals surface area contributed by atoms with Crippen molar-refractivity contribution in [1.82, 2.24) is 19.7 Å². The maximum atomic E-state index is 13.4. The molecule has 134 valence electrons. The third-order valence-electron chi connectivity index (χ3n) is 4.22. The lowest BCUT2D eigenvalue weighted by Gasteiger charge is -2.10. The third kappa shape index (κ3) is 2.93. The highest BCUT2D eigenvalue weighted by Gasteiger charge is 2.22. The van der Waals surface area contributed by atoms with Gasteiger partial charge in [-0.15, -0.1) is 0 Å². The minimum atomic E-state index is -0.384. The first-order chi connectivity index (χ1) is 13.1. The smallest absolute Gasteiger partial charge is 0.271 e. The van der Waals surface area contributed by atoms with E-state index in [1.165, 1.54) is 31.3 Å². The largest absolute Gasteiger partial charge is 0.354 e. The topological polar surface area (TPSA) is 59.3 Å². The standard InChI is InChI=1S/C20H14F2N4O/c1-23-19(27)17-18(13-4-8-15(22)9-5-13)26-16(10-11-24-20(26)25-17)12-2-6-14(21)7-3-12/h2-11H,1H3,(H,23,27). The molecule has 0 saturated carbocycles. The zero-order valence-corrected chi connectivity index (χ0v) is 14.3. The summed E-state index contributed by atoms with van der Waals surface area (Å²) >= 11 is 0. The Morgan fingerprint density at radius 1 is 0.926 bits per heavy atom. The Labute approximate surface area is 153 Å². The van der Waals surface area contributed by atoms with Crippen LogP contribution in [0, 0.1) is 11.6 Å². The lowest BCUT2D eigenvalue weighted by atomic mass is 10.1.